The maximum atomic E-state index is 12.3. The number of sulfone groups is 1. The average Bonchev–Trinajstić information content (AvgIpc) is 3.08. The van der Waals surface area contributed by atoms with Gasteiger partial charge in [-0.1, -0.05) is 6.92 Å². The van der Waals surface area contributed by atoms with Crippen LogP contribution in [-0.4, -0.2) is 66.8 Å². The van der Waals surface area contributed by atoms with Crippen LogP contribution in [0.3, 0.4) is 0 Å². The molecule has 2 heterocycles. The molecule has 2 aliphatic heterocycles. The Hall–Kier alpha value is -1.74. The highest BCUT2D eigenvalue weighted by Crippen LogP contribution is 2.36. The second kappa shape index (κ2) is 9.63. The Labute approximate surface area is 195 Å². The number of amides is 1. The molecule has 0 aliphatic carbocycles. The lowest BCUT2D eigenvalue weighted by molar-refractivity contribution is 0.0202. The van der Waals surface area contributed by atoms with E-state index in [-0.39, 0.29) is 23.1 Å². The third kappa shape index (κ3) is 6.41. The molecular weight excluding hydrogens is 448 g/mol. The third-order valence-electron chi connectivity index (χ3n) is 5.61. The zero-order valence-corrected chi connectivity index (χ0v) is 21.3. The van der Waals surface area contributed by atoms with E-state index in [1.807, 2.05) is 27.7 Å². The second-order valence-corrected chi connectivity index (χ2v) is 13.0. The number of rotatable bonds is 5. The van der Waals surface area contributed by atoms with Crippen LogP contribution in [0.15, 0.2) is 34.2 Å². The number of hydrogen-bond acceptors (Lipinski definition) is 7. The number of benzene rings is 1. The molecule has 32 heavy (non-hydrogen) atoms. The highest BCUT2D eigenvalue weighted by atomic mass is 32.2. The van der Waals surface area contributed by atoms with E-state index in [9.17, 15) is 13.2 Å². The van der Waals surface area contributed by atoms with Crippen LogP contribution in [-0.2, 0) is 14.6 Å². The summed E-state index contributed by atoms with van der Waals surface area (Å²) in [7, 11) is -3.22. The van der Waals surface area contributed by atoms with Crippen LogP contribution < -0.4 is 4.74 Å². The van der Waals surface area contributed by atoms with Crippen LogP contribution in [0.1, 0.15) is 47.5 Å². The molecule has 0 N–H and O–H groups in total. The molecule has 178 valence electrons. The number of piperidine rings is 1. The molecular formula is C23H34N2O5S2. The summed E-state index contributed by atoms with van der Waals surface area (Å²) in [6, 6.07) is 6.54. The first-order valence-electron chi connectivity index (χ1n) is 11.0. The number of thioether (sulfide) groups is 1. The smallest absolute Gasteiger partial charge is 0.410 e. The Morgan fingerprint density at radius 2 is 1.78 bits per heavy atom. The molecule has 0 saturated carbocycles. The summed E-state index contributed by atoms with van der Waals surface area (Å²) in [6.45, 7) is 11.2. The van der Waals surface area contributed by atoms with Crippen molar-refractivity contribution in [3.05, 3.63) is 24.3 Å². The minimum Gasteiger partial charge on any atom is -0.488 e. The summed E-state index contributed by atoms with van der Waals surface area (Å²) in [6.07, 6.45) is 2.57. The number of aliphatic imine (C=N–C) groups is 1. The quantitative estimate of drug-likeness (QED) is 0.618. The van der Waals surface area contributed by atoms with E-state index < -0.39 is 15.4 Å². The largest absolute Gasteiger partial charge is 0.488 e. The Bertz CT molecular complexity index is 946. The van der Waals surface area contributed by atoms with Crippen molar-refractivity contribution in [2.45, 2.75) is 75.4 Å². The standard InChI is InChI=1S/C23H34N2O5S2/c1-15(29-18-7-9-19(10-8-18)32(6,27)28)20-16(2)31-21(24-20)17-11-13-25(14-12-17)22(26)30-23(3,4)5/h7-10,15-17,20H,11-14H2,1-6H3. The van der Waals surface area contributed by atoms with Crippen molar-refractivity contribution in [1.82, 2.24) is 4.90 Å². The van der Waals surface area contributed by atoms with Gasteiger partial charge in [0, 0.05) is 30.5 Å². The summed E-state index contributed by atoms with van der Waals surface area (Å²) in [5.74, 6) is 0.990. The number of ether oxygens (including phenoxy) is 2. The van der Waals surface area contributed by atoms with E-state index in [2.05, 4.69) is 6.92 Å². The van der Waals surface area contributed by atoms with Crippen molar-refractivity contribution in [2.75, 3.05) is 19.3 Å². The monoisotopic (exact) mass is 482 g/mol. The van der Waals surface area contributed by atoms with Crippen molar-refractivity contribution in [2.24, 2.45) is 10.9 Å². The van der Waals surface area contributed by atoms with E-state index >= 15 is 0 Å². The number of nitrogens with zero attached hydrogens (tertiary/aromatic N) is 2. The molecule has 3 atom stereocenters. The predicted octanol–water partition coefficient (Wildman–Crippen LogP) is 4.41. The third-order valence-corrected chi connectivity index (χ3v) is 8.07. The zero-order chi connectivity index (χ0) is 23.7. The highest BCUT2D eigenvalue weighted by molar-refractivity contribution is 8.14. The van der Waals surface area contributed by atoms with E-state index in [0.29, 0.717) is 30.0 Å². The first-order valence-corrected chi connectivity index (χ1v) is 13.8. The summed E-state index contributed by atoms with van der Waals surface area (Å²) >= 11 is 1.80. The minimum atomic E-state index is -3.22. The Morgan fingerprint density at radius 3 is 2.31 bits per heavy atom. The van der Waals surface area contributed by atoms with Gasteiger partial charge >= 0.3 is 6.09 Å². The molecule has 0 bridgehead atoms. The summed E-state index contributed by atoms with van der Waals surface area (Å²) in [5.41, 5.74) is -0.483. The minimum absolute atomic E-state index is 0.0217. The van der Waals surface area contributed by atoms with E-state index in [1.165, 1.54) is 6.26 Å². The first-order chi connectivity index (χ1) is 14.8. The SMILES string of the molecule is CC(Oc1ccc(S(C)(=O)=O)cc1)C1N=C(C2CCN(C(=O)OC(C)(C)C)CC2)SC1C. The molecule has 1 fully saturated rings. The number of carbonyl (C=O) groups is 1. The van der Waals surface area contributed by atoms with Crippen molar-refractivity contribution >= 4 is 32.7 Å². The fourth-order valence-corrected chi connectivity index (χ4v) is 5.96. The molecule has 7 nitrogen and oxygen atoms in total. The fraction of sp³-hybridized carbons (Fsp3) is 0.652. The molecule has 0 radical (unpaired) electrons. The van der Waals surface area contributed by atoms with Crippen molar-refractivity contribution in [3.8, 4) is 5.75 Å². The number of likely N-dealkylation sites (tertiary alicyclic amines) is 1. The van der Waals surface area contributed by atoms with E-state index in [1.54, 1.807) is 40.9 Å². The lowest BCUT2D eigenvalue weighted by Gasteiger charge is -2.33. The van der Waals surface area contributed by atoms with Crippen molar-refractivity contribution in [1.29, 1.82) is 0 Å². The molecule has 1 aromatic rings. The summed E-state index contributed by atoms with van der Waals surface area (Å²) < 4.78 is 34.8. The van der Waals surface area contributed by atoms with Gasteiger partial charge in [-0.05, 0) is 64.8 Å². The van der Waals surface area contributed by atoms with Crippen LogP contribution in [0, 0.1) is 5.92 Å². The molecule has 0 spiro atoms. The summed E-state index contributed by atoms with van der Waals surface area (Å²) in [4.78, 5) is 19.4. The second-order valence-electron chi connectivity index (χ2n) is 9.59. The lowest BCUT2D eigenvalue weighted by Crippen LogP contribution is -2.42. The Balaban J connectivity index is 1.57. The zero-order valence-electron chi connectivity index (χ0n) is 19.7. The fourth-order valence-electron chi connectivity index (χ4n) is 3.92. The predicted molar refractivity (Wildman–Crippen MR) is 128 cm³/mol. The van der Waals surface area contributed by atoms with Crippen LogP contribution >= 0.6 is 11.8 Å². The van der Waals surface area contributed by atoms with Gasteiger partial charge in [-0.3, -0.25) is 4.99 Å². The van der Waals surface area contributed by atoms with Crippen molar-refractivity contribution < 1.29 is 22.7 Å². The Kier molecular flexibility index (Phi) is 7.49. The Morgan fingerprint density at radius 1 is 1.19 bits per heavy atom. The van der Waals surface area contributed by atoms with Gasteiger partial charge in [0.1, 0.15) is 17.5 Å². The molecule has 1 saturated heterocycles. The van der Waals surface area contributed by atoms with Gasteiger partial charge in [0.15, 0.2) is 9.84 Å². The molecule has 1 aromatic carbocycles. The molecule has 3 rings (SSSR count). The van der Waals surface area contributed by atoms with Crippen LogP contribution in [0.5, 0.6) is 5.75 Å². The van der Waals surface area contributed by atoms with Crippen molar-refractivity contribution in [3.63, 3.8) is 0 Å². The molecule has 9 heteroatoms. The van der Waals surface area contributed by atoms with Gasteiger partial charge in [0.05, 0.1) is 16.0 Å². The molecule has 0 aromatic heterocycles. The summed E-state index contributed by atoms with van der Waals surface area (Å²) in [5, 5.41) is 1.44. The maximum Gasteiger partial charge on any atom is 0.410 e. The normalized spacial score (nSPS) is 23.6. The van der Waals surface area contributed by atoms with Crippen LogP contribution in [0.25, 0.3) is 0 Å². The molecule has 2 aliphatic rings. The van der Waals surface area contributed by atoms with E-state index in [0.717, 1.165) is 17.9 Å². The number of hydrogen-bond donors (Lipinski definition) is 0. The van der Waals surface area contributed by atoms with Gasteiger partial charge in [-0.2, -0.15) is 0 Å². The average molecular weight is 483 g/mol. The first kappa shape index (κ1) is 24.9. The maximum absolute atomic E-state index is 12.3. The lowest BCUT2D eigenvalue weighted by atomic mass is 9.98. The van der Waals surface area contributed by atoms with Crippen LogP contribution in [0.2, 0.25) is 0 Å². The highest BCUT2D eigenvalue weighted by Gasteiger charge is 2.37. The topological polar surface area (TPSA) is 85.3 Å². The van der Waals surface area contributed by atoms with Gasteiger partial charge in [-0.25, -0.2) is 13.2 Å². The molecule has 3 unspecified atom stereocenters. The van der Waals surface area contributed by atoms with E-state index in [4.69, 9.17) is 14.5 Å². The van der Waals surface area contributed by atoms with Gasteiger partial charge < -0.3 is 14.4 Å². The molecule has 1 amide bonds. The van der Waals surface area contributed by atoms with Gasteiger partial charge in [-0.15, -0.1) is 11.8 Å². The number of carbonyl (C=O) groups excluding carboxylic acids is 1. The van der Waals surface area contributed by atoms with Gasteiger partial charge in [0.2, 0.25) is 0 Å². The van der Waals surface area contributed by atoms with Gasteiger partial charge in [0.25, 0.3) is 0 Å². The van der Waals surface area contributed by atoms with Crippen LogP contribution in [0.4, 0.5) is 4.79 Å².